The van der Waals surface area contributed by atoms with E-state index in [9.17, 15) is 9.59 Å². The maximum Gasteiger partial charge on any atom is 0.313 e. The van der Waals surface area contributed by atoms with Crippen molar-refractivity contribution in [3.63, 3.8) is 0 Å². The highest BCUT2D eigenvalue weighted by Gasteiger charge is 2.22. The minimum atomic E-state index is -0.317. The van der Waals surface area contributed by atoms with E-state index >= 15 is 0 Å². The van der Waals surface area contributed by atoms with E-state index in [0.717, 1.165) is 23.4 Å². The van der Waals surface area contributed by atoms with Crippen LogP contribution < -0.4 is 5.56 Å². The second-order valence-corrected chi connectivity index (χ2v) is 8.52. The Hall–Kier alpha value is -2.54. The zero-order valence-electron chi connectivity index (χ0n) is 16.5. The monoisotopic (exact) mass is 411 g/mol. The van der Waals surface area contributed by atoms with Gasteiger partial charge in [-0.15, -0.1) is 0 Å². The van der Waals surface area contributed by atoms with E-state index in [-0.39, 0.29) is 24.1 Å². The van der Waals surface area contributed by atoms with Gasteiger partial charge in [-0.25, -0.2) is 4.98 Å². The lowest BCUT2D eigenvalue weighted by molar-refractivity contribution is -0.147. The van der Waals surface area contributed by atoms with Gasteiger partial charge in [-0.1, -0.05) is 67.9 Å². The molecule has 29 heavy (non-hydrogen) atoms. The molecule has 2 aromatic heterocycles. The van der Waals surface area contributed by atoms with Crippen molar-refractivity contribution >= 4 is 22.3 Å². The second kappa shape index (κ2) is 8.86. The van der Waals surface area contributed by atoms with Gasteiger partial charge in [0.1, 0.15) is 11.6 Å². The summed E-state index contributed by atoms with van der Waals surface area (Å²) in [5.41, 5.74) is 1.17. The highest BCUT2D eigenvalue weighted by Crippen LogP contribution is 2.34. The van der Waals surface area contributed by atoms with Gasteiger partial charge in [0.2, 0.25) is 4.96 Å². The first kappa shape index (κ1) is 19.8. The Kier molecular flexibility index (Phi) is 6.04. The molecule has 3 aromatic rings. The Morgan fingerprint density at radius 3 is 2.72 bits per heavy atom. The molecule has 1 aromatic carbocycles. The van der Waals surface area contributed by atoms with Crippen LogP contribution in [-0.4, -0.2) is 20.6 Å². The lowest BCUT2D eigenvalue weighted by atomic mass is 9.90. The first-order valence-electron chi connectivity index (χ1n) is 10.3. The summed E-state index contributed by atoms with van der Waals surface area (Å²) < 4.78 is 6.87. The molecular formula is C22H25N3O3S. The number of hydrogen-bond donors (Lipinski definition) is 0. The van der Waals surface area contributed by atoms with E-state index in [1.54, 1.807) is 0 Å². The van der Waals surface area contributed by atoms with Crippen molar-refractivity contribution in [3.8, 4) is 0 Å². The standard InChI is InChI=1S/C22H25N3O3S/c1-2-18(15-9-5-3-6-10-15)21(27)28-14-17-13-19(26)25-22(23-17)29-20(24-25)16-11-7-4-8-12-16/h3,5-6,9-10,13,16,18H,2,4,7-8,11-12,14H2,1H3/t18-/m1/s1. The van der Waals surface area contributed by atoms with Gasteiger partial charge in [0.25, 0.3) is 5.56 Å². The molecule has 152 valence electrons. The molecule has 7 heteroatoms. The minimum absolute atomic E-state index is 0.00936. The summed E-state index contributed by atoms with van der Waals surface area (Å²) in [6, 6.07) is 11.0. The van der Waals surface area contributed by atoms with Crippen molar-refractivity contribution < 1.29 is 9.53 Å². The van der Waals surface area contributed by atoms with Crippen LogP contribution in [0, 0.1) is 0 Å². The van der Waals surface area contributed by atoms with Gasteiger partial charge in [-0.2, -0.15) is 9.61 Å². The molecule has 1 atom stereocenters. The van der Waals surface area contributed by atoms with E-state index in [4.69, 9.17) is 4.74 Å². The van der Waals surface area contributed by atoms with E-state index in [1.807, 2.05) is 37.3 Å². The third-order valence-corrected chi connectivity index (χ3v) is 6.60. The predicted octanol–water partition coefficient (Wildman–Crippen LogP) is 4.44. The number of benzene rings is 1. The summed E-state index contributed by atoms with van der Waals surface area (Å²) >= 11 is 1.47. The highest BCUT2D eigenvalue weighted by atomic mass is 32.1. The van der Waals surface area contributed by atoms with Crippen LogP contribution in [0.4, 0.5) is 0 Å². The van der Waals surface area contributed by atoms with E-state index in [0.29, 0.717) is 23.0 Å². The zero-order chi connectivity index (χ0) is 20.2. The number of fused-ring (bicyclic) bond motifs is 1. The molecule has 2 heterocycles. The second-order valence-electron chi connectivity index (χ2n) is 7.53. The van der Waals surface area contributed by atoms with Crippen LogP contribution in [0.5, 0.6) is 0 Å². The Bertz CT molecular complexity index is 1040. The topological polar surface area (TPSA) is 73.6 Å². The molecule has 0 bridgehead atoms. The number of carbonyl (C=O) groups excluding carboxylic acids is 1. The van der Waals surface area contributed by atoms with E-state index in [2.05, 4.69) is 10.1 Å². The molecule has 4 rings (SSSR count). The highest BCUT2D eigenvalue weighted by molar-refractivity contribution is 7.16. The van der Waals surface area contributed by atoms with Crippen LogP contribution in [0.1, 0.15) is 73.5 Å². The summed E-state index contributed by atoms with van der Waals surface area (Å²) in [5.74, 6) is -0.192. The summed E-state index contributed by atoms with van der Waals surface area (Å²) in [6.45, 7) is 1.95. The smallest absolute Gasteiger partial charge is 0.313 e. The van der Waals surface area contributed by atoms with Gasteiger partial charge in [-0.05, 0) is 24.8 Å². The van der Waals surface area contributed by atoms with Crippen molar-refractivity contribution in [2.75, 3.05) is 0 Å². The van der Waals surface area contributed by atoms with Crippen molar-refractivity contribution in [1.82, 2.24) is 14.6 Å². The fourth-order valence-corrected chi connectivity index (χ4v) is 5.02. The summed E-state index contributed by atoms with van der Waals surface area (Å²) in [6.07, 6.45) is 6.59. The summed E-state index contributed by atoms with van der Waals surface area (Å²) in [5, 5.41) is 5.49. The van der Waals surface area contributed by atoms with Crippen LogP contribution in [0.2, 0.25) is 0 Å². The van der Waals surface area contributed by atoms with E-state index < -0.39 is 0 Å². The van der Waals surface area contributed by atoms with Gasteiger partial charge in [0.05, 0.1) is 11.6 Å². The van der Waals surface area contributed by atoms with Gasteiger partial charge < -0.3 is 4.74 Å². The maximum atomic E-state index is 12.6. The van der Waals surface area contributed by atoms with Crippen molar-refractivity contribution in [2.24, 2.45) is 0 Å². The van der Waals surface area contributed by atoms with Gasteiger partial charge in [-0.3, -0.25) is 9.59 Å². The molecule has 0 aliphatic heterocycles. The molecule has 1 saturated carbocycles. The SMILES string of the molecule is CC[C@@H](C(=O)OCc1cc(=O)n2nc(C3CCCCC3)sc2n1)c1ccccc1. The van der Waals surface area contributed by atoms with Crippen LogP contribution in [0.25, 0.3) is 4.96 Å². The molecule has 1 aliphatic rings. The van der Waals surface area contributed by atoms with Gasteiger partial charge in [0, 0.05) is 12.0 Å². The third-order valence-electron chi connectivity index (χ3n) is 5.53. The third kappa shape index (κ3) is 4.40. The lowest BCUT2D eigenvalue weighted by Gasteiger charge is -2.18. The molecule has 1 aliphatic carbocycles. The number of rotatable bonds is 6. The fourth-order valence-electron chi connectivity index (χ4n) is 3.93. The van der Waals surface area contributed by atoms with Crippen molar-refractivity contribution in [2.45, 2.75) is 63.9 Å². The Labute approximate surface area is 173 Å². The number of nitrogens with zero attached hydrogens (tertiary/aromatic N) is 3. The first-order chi connectivity index (χ1) is 14.2. The normalized spacial score (nSPS) is 16.0. The van der Waals surface area contributed by atoms with E-state index in [1.165, 1.54) is 41.2 Å². The van der Waals surface area contributed by atoms with Crippen LogP contribution >= 0.6 is 11.3 Å². The molecule has 0 unspecified atom stereocenters. The number of esters is 1. The van der Waals surface area contributed by atoms with Gasteiger partial charge >= 0.3 is 5.97 Å². The quantitative estimate of drug-likeness (QED) is 0.561. The fraction of sp³-hybridized carbons (Fsp3) is 0.455. The zero-order valence-corrected chi connectivity index (χ0v) is 17.4. The summed E-state index contributed by atoms with van der Waals surface area (Å²) in [7, 11) is 0. The van der Waals surface area contributed by atoms with Crippen molar-refractivity contribution in [3.05, 3.63) is 63.0 Å². The van der Waals surface area contributed by atoms with Crippen LogP contribution in [-0.2, 0) is 16.1 Å². The lowest BCUT2D eigenvalue weighted by Crippen LogP contribution is -2.19. The Morgan fingerprint density at radius 1 is 1.24 bits per heavy atom. The Balaban J connectivity index is 1.49. The number of aromatic nitrogens is 3. The molecule has 6 nitrogen and oxygen atoms in total. The predicted molar refractivity (Wildman–Crippen MR) is 112 cm³/mol. The minimum Gasteiger partial charge on any atom is -0.459 e. The molecular weight excluding hydrogens is 386 g/mol. The Morgan fingerprint density at radius 2 is 2.00 bits per heavy atom. The number of ether oxygens (including phenoxy) is 1. The molecule has 1 fully saturated rings. The molecule has 0 saturated heterocycles. The molecule has 0 N–H and O–H groups in total. The van der Waals surface area contributed by atoms with Crippen LogP contribution in [0.15, 0.2) is 41.2 Å². The van der Waals surface area contributed by atoms with Crippen LogP contribution in [0.3, 0.4) is 0 Å². The summed E-state index contributed by atoms with van der Waals surface area (Å²) in [4.78, 5) is 30.1. The molecule has 0 radical (unpaired) electrons. The average Bonchev–Trinajstić information content (AvgIpc) is 3.19. The molecule has 0 amide bonds. The maximum absolute atomic E-state index is 12.6. The van der Waals surface area contributed by atoms with Crippen molar-refractivity contribution in [1.29, 1.82) is 0 Å². The number of carbonyl (C=O) groups is 1. The largest absolute Gasteiger partial charge is 0.459 e. The average molecular weight is 412 g/mol. The first-order valence-corrected chi connectivity index (χ1v) is 11.1. The molecule has 0 spiro atoms. The van der Waals surface area contributed by atoms with Gasteiger partial charge in [0.15, 0.2) is 0 Å². The number of hydrogen-bond acceptors (Lipinski definition) is 6.